The fraction of sp³-hybridized carbons (Fsp3) is 0.818. The Labute approximate surface area is 117 Å². The van der Waals surface area contributed by atoms with E-state index in [0.29, 0.717) is 13.0 Å². The Balaban J connectivity index is 2.35. The summed E-state index contributed by atoms with van der Waals surface area (Å²) in [5.41, 5.74) is 0. The predicted octanol–water partition coefficient (Wildman–Crippen LogP) is 0.230. The van der Waals surface area contributed by atoms with Gasteiger partial charge in [-0.05, 0) is 13.3 Å². The SMILES string of the molecule is CCN(CCC(=O)O)C(=O)CSC1CCS(=O)(=O)C1. The van der Waals surface area contributed by atoms with Crippen LogP contribution in [0, 0.1) is 0 Å². The molecule has 19 heavy (non-hydrogen) atoms. The van der Waals surface area contributed by atoms with Crippen LogP contribution < -0.4 is 0 Å². The minimum absolute atomic E-state index is 0.00729. The monoisotopic (exact) mass is 309 g/mol. The molecule has 0 aromatic carbocycles. The van der Waals surface area contributed by atoms with Crippen molar-refractivity contribution in [3.63, 3.8) is 0 Å². The normalized spacial score (nSPS) is 21.2. The number of carboxylic acids is 1. The lowest BCUT2D eigenvalue weighted by Crippen LogP contribution is -2.34. The molecule has 1 rings (SSSR count). The Hall–Kier alpha value is -0.760. The van der Waals surface area contributed by atoms with Crippen LogP contribution in [0.15, 0.2) is 0 Å². The smallest absolute Gasteiger partial charge is 0.305 e. The second kappa shape index (κ2) is 7.14. The highest BCUT2D eigenvalue weighted by molar-refractivity contribution is 8.02. The van der Waals surface area contributed by atoms with Gasteiger partial charge in [0.15, 0.2) is 9.84 Å². The third-order valence-corrected chi connectivity index (χ3v) is 6.23. The van der Waals surface area contributed by atoms with Crippen LogP contribution in [0.3, 0.4) is 0 Å². The molecule has 6 nitrogen and oxygen atoms in total. The number of carboxylic acid groups (broad SMARTS) is 1. The van der Waals surface area contributed by atoms with Crippen molar-refractivity contribution in [2.24, 2.45) is 0 Å². The summed E-state index contributed by atoms with van der Waals surface area (Å²) in [7, 11) is -2.91. The molecule has 1 fully saturated rings. The Morgan fingerprint density at radius 1 is 1.42 bits per heavy atom. The number of hydrogen-bond donors (Lipinski definition) is 1. The van der Waals surface area contributed by atoms with E-state index >= 15 is 0 Å². The van der Waals surface area contributed by atoms with Gasteiger partial charge in [-0.25, -0.2) is 8.42 Å². The van der Waals surface area contributed by atoms with Gasteiger partial charge < -0.3 is 10.0 Å². The van der Waals surface area contributed by atoms with Crippen LogP contribution in [-0.2, 0) is 19.4 Å². The largest absolute Gasteiger partial charge is 0.481 e. The first-order valence-corrected chi connectivity index (χ1v) is 9.02. The molecular weight excluding hydrogens is 290 g/mol. The van der Waals surface area contributed by atoms with E-state index in [-0.39, 0.29) is 41.4 Å². The van der Waals surface area contributed by atoms with Crippen molar-refractivity contribution in [2.45, 2.75) is 25.0 Å². The zero-order chi connectivity index (χ0) is 14.5. The van der Waals surface area contributed by atoms with Gasteiger partial charge in [0.2, 0.25) is 5.91 Å². The van der Waals surface area contributed by atoms with E-state index in [9.17, 15) is 18.0 Å². The summed E-state index contributed by atoms with van der Waals surface area (Å²) in [4.78, 5) is 23.8. The maximum Gasteiger partial charge on any atom is 0.305 e. The van der Waals surface area contributed by atoms with Crippen molar-refractivity contribution in [2.75, 3.05) is 30.3 Å². The Bertz CT molecular complexity index is 434. The number of aliphatic carboxylic acids is 1. The van der Waals surface area contributed by atoms with E-state index in [1.165, 1.54) is 16.7 Å². The van der Waals surface area contributed by atoms with Crippen molar-refractivity contribution in [1.29, 1.82) is 0 Å². The van der Waals surface area contributed by atoms with Gasteiger partial charge in [0.05, 0.1) is 23.7 Å². The van der Waals surface area contributed by atoms with Crippen molar-refractivity contribution in [3.05, 3.63) is 0 Å². The zero-order valence-corrected chi connectivity index (χ0v) is 12.5. The summed E-state index contributed by atoms with van der Waals surface area (Å²) >= 11 is 1.35. The van der Waals surface area contributed by atoms with Gasteiger partial charge in [0.25, 0.3) is 0 Å². The molecule has 0 aromatic heterocycles. The molecule has 1 heterocycles. The fourth-order valence-corrected chi connectivity index (χ4v) is 5.41. The molecule has 1 atom stereocenters. The second-order valence-corrected chi connectivity index (χ2v) is 7.97. The van der Waals surface area contributed by atoms with E-state index < -0.39 is 15.8 Å². The third-order valence-electron chi connectivity index (χ3n) is 2.96. The van der Waals surface area contributed by atoms with Crippen LogP contribution >= 0.6 is 11.8 Å². The topological polar surface area (TPSA) is 91.8 Å². The van der Waals surface area contributed by atoms with E-state index in [0.717, 1.165) is 0 Å². The average Bonchev–Trinajstić information content (AvgIpc) is 2.66. The Morgan fingerprint density at radius 2 is 2.11 bits per heavy atom. The van der Waals surface area contributed by atoms with Gasteiger partial charge in [-0.3, -0.25) is 9.59 Å². The quantitative estimate of drug-likeness (QED) is 0.724. The first kappa shape index (κ1) is 16.3. The highest BCUT2D eigenvalue weighted by atomic mass is 32.2. The lowest BCUT2D eigenvalue weighted by atomic mass is 10.4. The first-order valence-electron chi connectivity index (χ1n) is 6.15. The standard InChI is InChI=1S/C11H19NO5S2/c1-2-12(5-3-11(14)15)10(13)7-18-9-4-6-19(16,17)8-9/h9H,2-8H2,1H3,(H,14,15). The molecule has 1 unspecified atom stereocenters. The molecule has 0 saturated carbocycles. The minimum Gasteiger partial charge on any atom is -0.481 e. The van der Waals surface area contributed by atoms with Crippen LogP contribution in [0.25, 0.3) is 0 Å². The summed E-state index contributed by atoms with van der Waals surface area (Å²) in [6.07, 6.45) is 0.531. The van der Waals surface area contributed by atoms with E-state index in [1.807, 2.05) is 0 Å². The average molecular weight is 309 g/mol. The number of carbonyl (C=O) groups excluding carboxylic acids is 1. The molecule has 1 aliphatic heterocycles. The minimum atomic E-state index is -2.91. The summed E-state index contributed by atoms with van der Waals surface area (Å²) < 4.78 is 22.6. The molecule has 0 radical (unpaired) electrons. The van der Waals surface area contributed by atoms with Crippen LogP contribution in [0.1, 0.15) is 19.8 Å². The molecular formula is C11H19NO5S2. The molecule has 110 valence electrons. The van der Waals surface area contributed by atoms with Crippen LogP contribution in [0.2, 0.25) is 0 Å². The number of nitrogens with zero attached hydrogens (tertiary/aromatic N) is 1. The van der Waals surface area contributed by atoms with E-state index in [2.05, 4.69) is 0 Å². The number of rotatable bonds is 7. The predicted molar refractivity (Wildman–Crippen MR) is 74.0 cm³/mol. The van der Waals surface area contributed by atoms with Crippen LogP contribution in [-0.4, -0.2) is 65.9 Å². The summed E-state index contributed by atoms with van der Waals surface area (Å²) in [6, 6.07) is 0. The van der Waals surface area contributed by atoms with E-state index in [1.54, 1.807) is 6.92 Å². The summed E-state index contributed by atoms with van der Waals surface area (Å²) in [5.74, 6) is -0.492. The van der Waals surface area contributed by atoms with Gasteiger partial charge in [-0.2, -0.15) is 0 Å². The number of amides is 1. The second-order valence-electron chi connectivity index (χ2n) is 4.45. The zero-order valence-electron chi connectivity index (χ0n) is 10.9. The molecule has 8 heteroatoms. The van der Waals surface area contributed by atoms with Crippen molar-refractivity contribution in [1.82, 2.24) is 4.90 Å². The molecule has 1 saturated heterocycles. The Morgan fingerprint density at radius 3 is 2.58 bits per heavy atom. The highest BCUT2D eigenvalue weighted by Crippen LogP contribution is 2.24. The maximum atomic E-state index is 11.9. The van der Waals surface area contributed by atoms with Gasteiger partial charge in [0.1, 0.15) is 0 Å². The van der Waals surface area contributed by atoms with Crippen molar-refractivity contribution < 1.29 is 23.1 Å². The number of thioether (sulfide) groups is 1. The molecule has 1 aliphatic rings. The molecule has 1 N–H and O–H groups in total. The molecule has 0 aromatic rings. The number of carbonyl (C=O) groups is 2. The molecule has 0 aliphatic carbocycles. The summed E-state index contributed by atoms with van der Waals surface area (Å²) in [5, 5.41) is 8.58. The van der Waals surface area contributed by atoms with Gasteiger partial charge in [0, 0.05) is 18.3 Å². The van der Waals surface area contributed by atoms with Gasteiger partial charge in [-0.1, -0.05) is 0 Å². The van der Waals surface area contributed by atoms with Crippen molar-refractivity contribution in [3.8, 4) is 0 Å². The molecule has 0 spiro atoms. The summed E-state index contributed by atoms with van der Waals surface area (Å²) in [6.45, 7) is 2.47. The molecule has 1 amide bonds. The Kier molecular flexibility index (Phi) is 6.12. The van der Waals surface area contributed by atoms with Gasteiger partial charge >= 0.3 is 5.97 Å². The fourth-order valence-electron chi connectivity index (χ4n) is 1.86. The lowest BCUT2D eigenvalue weighted by molar-refractivity contribution is -0.138. The van der Waals surface area contributed by atoms with Crippen LogP contribution in [0.4, 0.5) is 0 Å². The first-order chi connectivity index (χ1) is 8.84. The van der Waals surface area contributed by atoms with Gasteiger partial charge in [-0.15, -0.1) is 11.8 Å². The maximum absolute atomic E-state index is 11.9. The number of hydrogen-bond acceptors (Lipinski definition) is 5. The van der Waals surface area contributed by atoms with Crippen LogP contribution in [0.5, 0.6) is 0 Å². The van der Waals surface area contributed by atoms with Crippen molar-refractivity contribution >= 4 is 33.5 Å². The third kappa shape index (κ3) is 5.82. The van der Waals surface area contributed by atoms with E-state index in [4.69, 9.17) is 5.11 Å². The lowest BCUT2D eigenvalue weighted by Gasteiger charge is -2.20. The highest BCUT2D eigenvalue weighted by Gasteiger charge is 2.29. The number of sulfone groups is 1. The molecule has 0 bridgehead atoms.